The Balaban J connectivity index is 1.63. The van der Waals surface area contributed by atoms with Gasteiger partial charge >= 0.3 is 7.12 Å². The van der Waals surface area contributed by atoms with E-state index in [1.54, 1.807) is 0 Å². The second-order valence-electron chi connectivity index (χ2n) is 10.0. The van der Waals surface area contributed by atoms with Gasteiger partial charge in [-0.3, -0.25) is 0 Å². The van der Waals surface area contributed by atoms with Crippen molar-refractivity contribution < 1.29 is 13.7 Å². The smallest absolute Gasteiger partial charge is 0.456 e. The molecule has 0 atom stereocenters. The molecule has 0 bridgehead atoms. The first kappa shape index (κ1) is 18.5. The number of hydrogen-bond donors (Lipinski definition) is 0. The third kappa shape index (κ3) is 2.24. The average Bonchev–Trinajstić information content (AvgIpc) is 3.24. The molecule has 32 heavy (non-hydrogen) atoms. The van der Waals surface area contributed by atoms with Crippen molar-refractivity contribution in [3.8, 4) is 0 Å². The van der Waals surface area contributed by atoms with E-state index in [-0.39, 0.29) is 11.2 Å². The fourth-order valence-corrected chi connectivity index (χ4v) is 5.29. The molecule has 156 valence electrons. The van der Waals surface area contributed by atoms with Crippen LogP contribution in [0.15, 0.2) is 71.1 Å². The summed E-state index contributed by atoms with van der Waals surface area (Å²) in [6.07, 6.45) is 0. The Morgan fingerprint density at radius 1 is 0.594 bits per heavy atom. The summed E-state index contributed by atoms with van der Waals surface area (Å²) >= 11 is 0. The maximum atomic E-state index is 6.49. The number of rotatable bonds is 1. The molecular formula is C28H23BO3. The fraction of sp³-hybridized carbons (Fsp3) is 0.214. The van der Waals surface area contributed by atoms with Crippen molar-refractivity contribution in [2.24, 2.45) is 0 Å². The molecule has 2 heterocycles. The Labute approximate surface area is 186 Å². The molecule has 0 N–H and O–H groups in total. The summed E-state index contributed by atoms with van der Waals surface area (Å²) in [7, 11) is -0.429. The van der Waals surface area contributed by atoms with Gasteiger partial charge in [-0.1, -0.05) is 54.6 Å². The van der Waals surface area contributed by atoms with Crippen molar-refractivity contribution in [2.75, 3.05) is 0 Å². The average molecular weight is 418 g/mol. The Hall–Kier alpha value is -3.08. The molecule has 0 aliphatic carbocycles. The lowest BCUT2D eigenvalue weighted by Crippen LogP contribution is -2.41. The second-order valence-corrected chi connectivity index (χ2v) is 10.0. The van der Waals surface area contributed by atoms with E-state index < -0.39 is 7.12 Å². The fourth-order valence-electron chi connectivity index (χ4n) is 5.29. The molecule has 4 heteroatoms. The van der Waals surface area contributed by atoms with Gasteiger partial charge in [0.1, 0.15) is 11.2 Å². The first-order chi connectivity index (χ1) is 15.3. The van der Waals surface area contributed by atoms with Crippen molar-refractivity contribution in [1.29, 1.82) is 0 Å². The van der Waals surface area contributed by atoms with E-state index in [0.717, 1.165) is 16.6 Å². The lowest BCUT2D eigenvalue weighted by Gasteiger charge is -2.32. The summed E-state index contributed by atoms with van der Waals surface area (Å²) in [5, 5.41) is 9.76. The van der Waals surface area contributed by atoms with Crippen LogP contribution in [0.3, 0.4) is 0 Å². The van der Waals surface area contributed by atoms with E-state index in [0.29, 0.717) is 0 Å². The van der Waals surface area contributed by atoms with Crippen molar-refractivity contribution in [3.63, 3.8) is 0 Å². The molecule has 7 rings (SSSR count). The van der Waals surface area contributed by atoms with Crippen LogP contribution in [-0.4, -0.2) is 18.3 Å². The lowest BCUT2D eigenvalue weighted by molar-refractivity contribution is 0.00578. The third-order valence-corrected chi connectivity index (χ3v) is 7.62. The number of benzene rings is 5. The molecule has 1 aromatic heterocycles. The molecule has 0 radical (unpaired) electrons. The van der Waals surface area contributed by atoms with Crippen molar-refractivity contribution >= 4 is 66.8 Å². The zero-order valence-electron chi connectivity index (χ0n) is 18.7. The lowest BCUT2D eigenvalue weighted by atomic mass is 9.77. The van der Waals surface area contributed by atoms with Gasteiger partial charge in [-0.15, -0.1) is 0 Å². The summed E-state index contributed by atoms with van der Waals surface area (Å²) < 4.78 is 19.2. The highest BCUT2D eigenvalue weighted by Gasteiger charge is 2.51. The second kappa shape index (κ2) is 5.83. The van der Waals surface area contributed by atoms with E-state index in [2.05, 4.69) is 94.4 Å². The van der Waals surface area contributed by atoms with E-state index in [1.165, 1.54) is 43.1 Å². The number of fused-ring (bicyclic) bond motifs is 5. The maximum absolute atomic E-state index is 6.49. The predicted octanol–water partition coefficient (Wildman–Crippen LogP) is 6.78. The molecule has 0 spiro atoms. The minimum absolute atomic E-state index is 0.388. The van der Waals surface area contributed by atoms with Crippen LogP contribution in [0.4, 0.5) is 0 Å². The van der Waals surface area contributed by atoms with Gasteiger partial charge in [-0.05, 0) is 72.2 Å². The minimum Gasteiger partial charge on any atom is -0.456 e. The van der Waals surface area contributed by atoms with Gasteiger partial charge < -0.3 is 13.7 Å². The van der Waals surface area contributed by atoms with Gasteiger partial charge in [-0.2, -0.15) is 0 Å². The summed E-state index contributed by atoms with van der Waals surface area (Å²) in [5.41, 5.74) is 2.03. The van der Waals surface area contributed by atoms with Gasteiger partial charge in [-0.25, -0.2) is 0 Å². The van der Waals surface area contributed by atoms with Gasteiger partial charge in [0.05, 0.1) is 11.2 Å². The Morgan fingerprint density at radius 2 is 1.22 bits per heavy atom. The van der Waals surface area contributed by atoms with Crippen molar-refractivity contribution in [2.45, 2.75) is 38.9 Å². The number of furan rings is 1. The molecule has 0 saturated carbocycles. The molecule has 1 aliphatic heterocycles. The predicted molar refractivity (Wildman–Crippen MR) is 133 cm³/mol. The molecule has 0 unspecified atom stereocenters. The normalized spacial score (nSPS) is 18.2. The van der Waals surface area contributed by atoms with Crippen LogP contribution in [0.5, 0.6) is 0 Å². The zero-order valence-corrected chi connectivity index (χ0v) is 18.7. The van der Waals surface area contributed by atoms with Crippen LogP contribution < -0.4 is 5.46 Å². The van der Waals surface area contributed by atoms with Crippen LogP contribution in [0, 0.1) is 0 Å². The quantitative estimate of drug-likeness (QED) is 0.218. The zero-order chi connectivity index (χ0) is 21.8. The van der Waals surface area contributed by atoms with Crippen LogP contribution >= 0.6 is 0 Å². The molecule has 6 aromatic rings. The molecular weight excluding hydrogens is 395 g/mol. The monoisotopic (exact) mass is 418 g/mol. The topological polar surface area (TPSA) is 31.6 Å². The summed E-state index contributed by atoms with van der Waals surface area (Å²) in [6, 6.07) is 23.7. The first-order valence-electron chi connectivity index (χ1n) is 11.2. The SMILES string of the molecule is CC1(C)OB(c2cc3oc4cc5ccccc5c5c6ccccc6c(c2)c3c45)OC1(C)C. The van der Waals surface area contributed by atoms with Crippen LogP contribution in [-0.2, 0) is 9.31 Å². The van der Waals surface area contributed by atoms with Crippen LogP contribution in [0.2, 0.25) is 0 Å². The Bertz CT molecular complexity index is 1680. The van der Waals surface area contributed by atoms with Gasteiger partial charge in [0, 0.05) is 16.2 Å². The van der Waals surface area contributed by atoms with Crippen molar-refractivity contribution in [3.05, 3.63) is 66.7 Å². The molecule has 1 aliphatic rings. The van der Waals surface area contributed by atoms with E-state index in [1.807, 2.05) is 0 Å². The van der Waals surface area contributed by atoms with Crippen LogP contribution in [0.25, 0.3) is 54.3 Å². The molecule has 1 saturated heterocycles. The minimum atomic E-state index is -0.429. The Kier molecular flexibility index (Phi) is 3.37. The first-order valence-corrected chi connectivity index (χ1v) is 11.2. The van der Waals surface area contributed by atoms with Crippen molar-refractivity contribution in [1.82, 2.24) is 0 Å². The highest BCUT2D eigenvalue weighted by molar-refractivity contribution is 6.63. The molecule has 1 fully saturated rings. The van der Waals surface area contributed by atoms with Gasteiger partial charge in [0.15, 0.2) is 0 Å². The highest BCUT2D eigenvalue weighted by atomic mass is 16.7. The summed E-state index contributed by atoms with van der Waals surface area (Å²) in [4.78, 5) is 0. The van der Waals surface area contributed by atoms with Crippen LogP contribution in [0.1, 0.15) is 27.7 Å². The van der Waals surface area contributed by atoms with E-state index in [9.17, 15) is 0 Å². The highest BCUT2D eigenvalue weighted by Crippen LogP contribution is 2.45. The van der Waals surface area contributed by atoms with E-state index in [4.69, 9.17) is 13.7 Å². The Morgan fingerprint density at radius 3 is 1.97 bits per heavy atom. The van der Waals surface area contributed by atoms with Gasteiger partial charge in [0.25, 0.3) is 0 Å². The molecule has 0 amide bonds. The maximum Gasteiger partial charge on any atom is 0.494 e. The summed E-state index contributed by atoms with van der Waals surface area (Å²) in [5.74, 6) is 0. The third-order valence-electron chi connectivity index (χ3n) is 7.62. The molecule has 5 aromatic carbocycles. The van der Waals surface area contributed by atoms with E-state index >= 15 is 0 Å². The summed E-state index contributed by atoms with van der Waals surface area (Å²) in [6.45, 7) is 8.35. The standard InChI is InChI=1S/C28H23BO3/c1-27(2)28(3,4)32-29(31-27)17-14-21-19-11-7-8-12-20(19)24-18-10-6-5-9-16(18)13-22-26(24)25(21)23(15-17)30-22/h5-15H,1-4H3. The molecule has 3 nitrogen and oxygen atoms in total. The number of hydrogen-bond acceptors (Lipinski definition) is 3. The van der Waals surface area contributed by atoms with Gasteiger partial charge in [0.2, 0.25) is 0 Å². The largest absolute Gasteiger partial charge is 0.494 e.